The third-order valence-corrected chi connectivity index (χ3v) is 2.84. The van der Waals surface area contributed by atoms with Crippen molar-refractivity contribution in [2.75, 3.05) is 7.05 Å². The summed E-state index contributed by atoms with van der Waals surface area (Å²) >= 11 is 0. The largest absolute Gasteiger partial charge is 0.313 e. The van der Waals surface area contributed by atoms with E-state index < -0.39 is 17.5 Å². The Kier molecular flexibility index (Phi) is 4.16. The zero-order valence-corrected chi connectivity index (χ0v) is 10.3. The van der Waals surface area contributed by atoms with Crippen molar-refractivity contribution in [3.05, 3.63) is 65.2 Å². The van der Waals surface area contributed by atoms with Gasteiger partial charge in [-0.15, -0.1) is 0 Å². The molecule has 19 heavy (non-hydrogen) atoms. The van der Waals surface area contributed by atoms with Crippen LogP contribution in [0.2, 0.25) is 0 Å². The number of hydrogen-bond donors (Lipinski definition) is 1. The molecule has 100 valence electrons. The Morgan fingerprint density at radius 2 is 1.68 bits per heavy atom. The molecule has 0 spiro atoms. The summed E-state index contributed by atoms with van der Waals surface area (Å²) < 4.78 is 39.4. The van der Waals surface area contributed by atoms with Gasteiger partial charge in [-0.05, 0) is 42.8 Å². The van der Waals surface area contributed by atoms with Crippen molar-refractivity contribution in [3.8, 4) is 0 Å². The maximum atomic E-state index is 13.1. The van der Waals surface area contributed by atoms with Gasteiger partial charge >= 0.3 is 0 Å². The summed E-state index contributed by atoms with van der Waals surface area (Å²) in [6, 6.07) is 4.44. The van der Waals surface area contributed by atoms with Crippen LogP contribution < -0.4 is 5.32 Å². The fourth-order valence-electron chi connectivity index (χ4n) is 1.97. The van der Waals surface area contributed by atoms with Gasteiger partial charge in [-0.1, -0.05) is 0 Å². The van der Waals surface area contributed by atoms with Crippen LogP contribution in [0.4, 0.5) is 13.2 Å². The van der Waals surface area contributed by atoms with E-state index in [0.717, 1.165) is 12.3 Å². The summed E-state index contributed by atoms with van der Waals surface area (Å²) in [5, 5.41) is 2.98. The molecule has 1 aromatic carbocycles. The van der Waals surface area contributed by atoms with Crippen molar-refractivity contribution >= 4 is 0 Å². The van der Waals surface area contributed by atoms with E-state index in [-0.39, 0.29) is 6.04 Å². The van der Waals surface area contributed by atoms with Crippen molar-refractivity contribution < 1.29 is 13.2 Å². The second kappa shape index (κ2) is 5.84. The maximum absolute atomic E-state index is 13.1. The number of halogens is 3. The molecule has 0 bridgehead atoms. The topological polar surface area (TPSA) is 24.9 Å². The van der Waals surface area contributed by atoms with E-state index in [1.165, 1.54) is 24.4 Å². The molecule has 5 heteroatoms. The molecule has 0 saturated carbocycles. The summed E-state index contributed by atoms with van der Waals surface area (Å²) in [5.41, 5.74) is 1.13. The molecule has 0 aliphatic rings. The van der Waals surface area contributed by atoms with Crippen LogP contribution in [0.15, 0.2) is 36.7 Å². The van der Waals surface area contributed by atoms with E-state index in [0.29, 0.717) is 17.5 Å². The first kappa shape index (κ1) is 13.5. The Labute approximate surface area is 109 Å². The normalized spacial score (nSPS) is 12.4. The monoisotopic (exact) mass is 266 g/mol. The lowest BCUT2D eigenvalue weighted by Crippen LogP contribution is -2.19. The molecule has 1 N–H and O–H groups in total. The first-order valence-electron chi connectivity index (χ1n) is 5.81. The predicted octanol–water partition coefficient (Wildman–Crippen LogP) is 3.00. The number of rotatable bonds is 4. The molecule has 2 rings (SSSR count). The highest BCUT2D eigenvalue weighted by Gasteiger charge is 2.12. The number of nitrogens with one attached hydrogen (secondary N) is 1. The summed E-state index contributed by atoms with van der Waals surface area (Å²) in [4.78, 5) is 3.77. The Bertz CT molecular complexity index is 552. The van der Waals surface area contributed by atoms with Crippen LogP contribution in [0.5, 0.6) is 0 Å². The summed E-state index contributed by atoms with van der Waals surface area (Å²) in [6.07, 6.45) is 2.98. The van der Waals surface area contributed by atoms with Gasteiger partial charge in [0, 0.05) is 18.3 Å². The standard InChI is InChI=1S/C14H13F3N2/c1-18-14(10-5-13(17)8-19-7-10)4-9-2-11(15)6-12(16)3-9/h2-3,5-8,14,18H,4H2,1H3. The van der Waals surface area contributed by atoms with Gasteiger partial charge in [-0.25, -0.2) is 13.2 Å². The molecule has 1 aromatic heterocycles. The van der Waals surface area contributed by atoms with E-state index in [1.54, 1.807) is 7.05 Å². The van der Waals surface area contributed by atoms with Crippen molar-refractivity contribution in [1.29, 1.82) is 0 Å². The molecule has 1 heterocycles. The van der Waals surface area contributed by atoms with Crippen molar-refractivity contribution in [1.82, 2.24) is 10.3 Å². The SMILES string of the molecule is CNC(Cc1cc(F)cc(F)c1)c1cncc(F)c1. The first-order valence-corrected chi connectivity index (χ1v) is 5.81. The summed E-state index contributed by atoms with van der Waals surface area (Å²) in [6.45, 7) is 0. The van der Waals surface area contributed by atoms with Gasteiger partial charge < -0.3 is 5.32 Å². The molecule has 0 saturated heterocycles. The molecule has 0 radical (unpaired) electrons. The van der Waals surface area contributed by atoms with Crippen LogP contribution in [0.3, 0.4) is 0 Å². The average Bonchev–Trinajstić information content (AvgIpc) is 2.34. The lowest BCUT2D eigenvalue weighted by atomic mass is 10.00. The van der Waals surface area contributed by atoms with Gasteiger partial charge in [0.05, 0.1) is 6.20 Å². The van der Waals surface area contributed by atoms with Crippen molar-refractivity contribution in [2.24, 2.45) is 0 Å². The van der Waals surface area contributed by atoms with Crippen LogP contribution in [0.1, 0.15) is 17.2 Å². The van der Waals surface area contributed by atoms with Crippen LogP contribution in [-0.4, -0.2) is 12.0 Å². The number of likely N-dealkylation sites (N-methyl/N-ethyl adjacent to an activating group) is 1. The lowest BCUT2D eigenvalue weighted by Gasteiger charge is -2.16. The minimum Gasteiger partial charge on any atom is -0.313 e. The first-order chi connectivity index (χ1) is 9.08. The van der Waals surface area contributed by atoms with E-state index in [9.17, 15) is 13.2 Å². The minimum absolute atomic E-state index is 0.260. The molecule has 0 aliphatic heterocycles. The molecule has 2 nitrogen and oxygen atoms in total. The smallest absolute Gasteiger partial charge is 0.141 e. The van der Waals surface area contributed by atoms with Gasteiger partial charge in [-0.2, -0.15) is 0 Å². The van der Waals surface area contributed by atoms with Gasteiger partial charge in [0.1, 0.15) is 17.5 Å². The zero-order valence-electron chi connectivity index (χ0n) is 10.3. The molecular formula is C14H13F3N2. The van der Waals surface area contributed by atoms with Crippen molar-refractivity contribution in [2.45, 2.75) is 12.5 Å². The molecule has 1 unspecified atom stereocenters. The fraction of sp³-hybridized carbons (Fsp3) is 0.214. The molecule has 1 atom stereocenters. The Morgan fingerprint density at radius 1 is 1.00 bits per heavy atom. The van der Waals surface area contributed by atoms with Gasteiger partial charge in [-0.3, -0.25) is 4.98 Å². The number of aromatic nitrogens is 1. The Morgan fingerprint density at radius 3 is 2.26 bits per heavy atom. The molecule has 2 aromatic rings. The third-order valence-electron chi connectivity index (χ3n) is 2.84. The molecule has 0 aliphatic carbocycles. The predicted molar refractivity (Wildman–Crippen MR) is 66.1 cm³/mol. The second-order valence-corrected chi connectivity index (χ2v) is 4.26. The van der Waals surface area contributed by atoms with E-state index in [2.05, 4.69) is 10.3 Å². The van der Waals surface area contributed by atoms with E-state index >= 15 is 0 Å². The third kappa shape index (κ3) is 3.54. The highest BCUT2D eigenvalue weighted by atomic mass is 19.1. The Hall–Kier alpha value is -1.88. The highest BCUT2D eigenvalue weighted by molar-refractivity contribution is 5.23. The van der Waals surface area contributed by atoms with Crippen LogP contribution >= 0.6 is 0 Å². The van der Waals surface area contributed by atoms with E-state index in [4.69, 9.17) is 0 Å². The number of nitrogens with zero attached hydrogens (tertiary/aromatic N) is 1. The van der Waals surface area contributed by atoms with Crippen LogP contribution in [0, 0.1) is 17.5 Å². The minimum atomic E-state index is -0.623. The van der Waals surface area contributed by atoms with Gasteiger partial charge in [0.25, 0.3) is 0 Å². The number of benzene rings is 1. The summed E-state index contributed by atoms with van der Waals surface area (Å²) in [5.74, 6) is -1.69. The zero-order chi connectivity index (χ0) is 13.8. The fourth-order valence-corrected chi connectivity index (χ4v) is 1.97. The highest BCUT2D eigenvalue weighted by Crippen LogP contribution is 2.19. The summed E-state index contributed by atoms with van der Waals surface area (Å²) in [7, 11) is 1.70. The number of hydrogen-bond acceptors (Lipinski definition) is 2. The quantitative estimate of drug-likeness (QED) is 0.920. The second-order valence-electron chi connectivity index (χ2n) is 4.26. The lowest BCUT2D eigenvalue weighted by molar-refractivity contribution is 0.555. The number of pyridine rings is 1. The van der Waals surface area contributed by atoms with E-state index in [1.807, 2.05) is 0 Å². The van der Waals surface area contributed by atoms with Crippen molar-refractivity contribution in [3.63, 3.8) is 0 Å². The van der Waals surface area contributed by atoms with Crippen LogP contribution in [0.25, 0.3) is 0 Å². The molecule has 0 fully saturated rings. The van der Waals surface area contributed by atoms with Gasteiger partial charge in [0.2, 0.25) is 0 Å². The molecular weight excluding hydrogens is 253 g/mol. The Balaban J connectivity index is 2.23. The van der Waals surface area contributed by atoms with Crippen LogP contribution in [-0.2, 0) is 6.42 Å². The molecule has 0 amide bonds. The van der Waals surface area contributed by atoms with Gasteiger partial charge in [0.15, 0.2) is 0 Å². The average molecular weight is 266 g/mol. The maximum Gasteiger partial charge on any atom is 0.141 e.